The highest BCUT2D eigenvalue weighted by Gasteiger charge is 2.27. The molecule has 0 aromatic rings. The Morgan fingerprint density at radius 3 is 2.20 bits per heavy atom. The molecule has 2 heterocycles. The van der Waals surface area contributed by atoms with Crippen molar-refractivity contribution < 1.29 is 14.3 Å². The minimum atomic E-state index is -0.288. The van der Waals surface area contributed by atoms with Crippen LogP contribution in [0.25, 0.3) is 0 Å². The number of likely N-dealkylation sites (tertiary alicyclic amines) is 1. The number of halogens is 2. The van der Waals surface area contributed by atoms with Gasteiger partial charge in [0, 0.05) is 32.7 Å². The summed E-state index contributed by atoms with van der Waals surface area (Å²) in [6.45, 7) is 8.85. The second kappa shape index (κ2) is 11.9. The Labute approximate surface area is 162 Å². The molecule has 2 atom stereocenters. The smallest absolute Gasteiger partial charge is 0.241 e. The molecule has 2 fully saturated rings. The summed E-state index contributed by atoms with van der Waals surface area (Å²) < 4.78 is 5.77. The van der Waals surface area contributed by atoms with E-state index in [9.17, 15) is 9.59 Å². The maximum atomic E-state index is 12.0. The zero-order valence-corrected chi connectivity index (χ0v) is 16.7. The predicted molar refractivity (Wildman–Crippen MR) is 102 cm³/mol. The number of piperidine rings is 1. The fraction of sp³-hybridized carbons (Fsp3) is 0.875. The summed E-state index contributed by atoms with van der Waals surface area (Å²) in [7, 11) is 0. The number of amides is 2. The van der Waals surface area contributed by atoms with Crippen LogP contribution in [0, 0.1) is 5.92 Å². The van der Waals surface area contributed by atoms with Crippen LogP contribution in [0.4, 0.5) is 0 Å². The quantitative estimate of drug-likeness (QED) is 0.692. The van der Waals surface area contributed by atoms with Crippen LogP contribution in [0.2, 0.25) is 0 Å². The Balaban J connectivity index is 0.00000288. The summed E-state index contributed by atoms with van der Waals surface area (Å²) >= 11 is 0. The highest BCUT2D eigenvalue weighted by atomic mass is 35.5. The molecule has 0 aromatic carbocycles. The summed E-state index contributed by atoms with van der Waals surface area (Å²) in [4.78, 5) is 27.5. The molecule has 25 heavy (non-hydrogen) atoms. The topological polar surface area (TPSA) is 87.9 Å². The van der Waals surface area contributed by atoms with E-state index in [4.69, 9.17) is 10.5 Å². The molecule has 0 saturated carbocycles. The zero-order valence-electron chi connectivity index (χ0n) is 15.1. The first kappa shape index (κ1) is 24.4. The summed E-state index contributed by atoms with van der Waals surface area (Å²) in [5.41, 5.74) is 5.21. The summed E-state index contributed by atoms with van der Waals surface area (Å²) in [6.07, 6.45) is 2.64. The molecule has 3 N–H and O–H groups in total. The molecule has 9 heteroatoms. The lowest BCUT2D eigenvalue weighted by Gasteiger charge is -2.39. The maximum Gasteiger partial charge on any atom is 0.241 e. The van der Waals surface area contributed by atoms with Crippen LogP contribution in [0.3, 0.4) is 0 Å². The van der Waals surface area contributed by atoms with Crippen LogP contribution in [0.5, 0.6) is 0 Å². The first-order valence-electron chi connectivity index (χ1n) is 8.60. The fourth-order valence-corrected chi connectivity index (χ4v) is 3.52. The molecule has 2 aliphatic heterocycles. The molecule has 0 aliphatic carbocycles. The molecular weight excluding hydrogens is 367 g/mol. The zero-order chi connectivity index (χ0) is 16.8. The summed E-state index contributed by atoms with van der Waals surface area (Å²) in [5.74, 6) is 0.331. The fourth-order valence-electron chi connectivity index (χ4n) is 3.52. The average Bonchev–Trinajstić information content (AvgIpc) is 2.52. The summed E-state index contributed by atoms with van der Waals surface area (Å²) in [6, 6.07) is 0. The van der Waals surface area contributed by atoms with Gasteiger partial charge < -0.3 is 20.7 Å². The lowest BCUT2D eigenvalue weighted by Crippen LogP contribution is -2.49. The lowest BCUT2D eigenvalue weighted by atomic mass is 9.95. The average molecular weight is 399 g/mol. The van der Waals surface area contributed by atoms with Gasteiger partial charge in [-0.05, 0) is 32.6 Å². The van der Waals surface area contributed by atoms with Crippen molar-refractivity contribution in [2.45, 2.75) is 38.9 Å². The molecular formula is C16H32Cl2N4O3. The number of carbonyl (C=O) groups is 2. The van der Waals surface area contributed by atoms with Crippen LogP contribution in [-0.4, -0.2) is 79.6 Å². The van der Waals surface area contributed by atoms with E-state index < -0.39 is 0 Å². The number of rotatable bonds is 5. The number of hydrogen-bond donors (Lipinski definition) is 2. The van der Waals surface area contributed by atoms with E-state index in [0.29, 0.717) is 18.1 Å². The second-order valence-corrected chi connectivity index (χ2v) is 6.78. The van der Waals surface area contributed by atoms with Gasteiger partial charge in [0.2, 0.25) is 11.8 Å². The molecule has 0 radical (unpaired) electrons. The molecule has 148 valence electrons. The monoisotopic (exact) mass is 398 g/mol. The number of nitrogens with one attached hydrogen (secondary N) is 1. The number of hydrogen-bond acceptors (Lipinski definition) is 5. The van der Waals surface area contributed by atoms with Crippen molar-refractivity contribution in [1.29, 1.82) is 0 Å². The molecule has 0 spiro atoms. The van der Waals surface area contributed by atoms with Crippen molar-refractivity contribution in [3.05, 3.63) is 0 Å². The largest absolute Gasteiger partial charge is 0.373 e. The van der Waals surface area contributed by atoms with Crippen molar-refractivity contribution in [2.75, 3.05) is 45.8 Å². The predicted octanol–water partition coefficient (Wildman–Crippen LogP) is 0.253. The number of nitrogens with zero attached hydrogens (tertiary/aromatic N) is 2. The minimum absolute atomic E-state index is 0. The van der Waals surface area contributed by atoms with Gasteiger partial charge in [-0.2, -0.15) is 0 Å². The molecule has 0 aromatic heterocycles. The Kier molecular flexibility index (Phi) is 11.6. The van der Waals surface area contributed by atoms with E-state index in [1.165, 1.54) is 0 Å². The normalized spacial score (nSPS) is 24.8. The van der Waals surface area contributed by atoms with Gasteiger partial charge in [0.05, 0.1) is 25.3 Å². The lowest BCUT2D eigenvalue weighted by molar-refractivity contribution is -0.134. The third-order valence-corrected chi connectivity index (χ3v) is 4.60. The van der Waals surface area contributed by atoms with Gasteiger partial charge >= 0.3 is 0 Å². The van der Waals surface area contributed by atoms with E-state index in [1.807, 2.05) is 4.90 Å². The van der Waals surface area contributed by atoms with Crippen molar-refractivity contribution >= 4 is 36.6 Å². The van der Waals surface area contributed by atoms with E-state index in [0.717, 1.165) is 45.6 Å². The Hall–Kier alpha value is -0.600. The van der Waals surface area contributed by atoms with Crippen LogP contribution >= 0.6 is 24.8 Å². The van der Waals surface area contributed by atoms with Gasteiger partial charge in [0.1, 0.15) is 0 Å². The SMILES string of the molecule is CC1CN(CC2CCN(C(=O)CNC(=O)CN)CC2)CC(C)O1.Cl.Cl. The van der Waals surface area contributed by atoms with Gasteiger partial charge in [-0.3, -0.25) is 14.5 Å². The Morgan fingerprint density at radius 2 is 1.68 bits per heavy atom. The van der Waals surface area contributed by atoms with Crippen LogP contribution in [0.15, 0.2) is 0 Å². The molecule has 2 saturated heterocycles. The molecule has 7 nitrogen and oxygen atoms in total. The Bertz CT molecular complexity index is 410. The first-order chi connectivity index (χ1) is 11.0. The van der Waals surface area contributed by atoms with Crippen molar-refractivity contribution in [3.8, 4) is 0 Å². The van der Waals surface area contributed by atoms with Gasteiger partial charge in [-0.15, -0.1) is 24.8 Å². The number of morpholine rings is 1. The standard InChI is InChI=1S/C16H30N4O3.2ClH/c1-12-9-19(10-13(2)23-12)11-14-3-5-20(6-4-14)16(22)8-18-15(21)7-17;;/h12-14H,3-11,17H2,1-2H3,(H,18,21);2*1H. The molecule has 2 amide bonds. The number of carbonyl (C=O) groups excluding carboxylic acids is 2. The highest BCUT2D eigenvalue weighted by molar-refractivity contribution is 5.86. The molecule has 2 rings (SSSR count). The van der Waals surface area contributed by atoms with Crippen LogP contribution in [0.1, 0.15) is 26.7 Å². The van der Waals surface area contributed by atoms with E-state index in [-0.39, 0.29) is 49.7 Å². The number of ether oxygens (including phenoxy) is 1. The third kappa shape index (κ3) is 8.09. The van der Waals surface area contributed by atoms with Crippen molar-refractivity contribution in [3.63, 3.8) is 0 Å². The first-order valence-corrected chi connectivity index (χ1v) is 8.60. The van der Waals surface area contributed by atoms with E-state index in [2.05, 4.69) is 24.1 Å². The molecule has 2 unspecified atom stereocenters. The Morgan fingerprint density at radius 1 is 1.12 bits per heavy atom. The third-order valence-electron chi connectivity index (χ3n) is 4.60. The maximum absolute atomic E-state index is 12.0. The van der Waals surface area contributed by atoms with Gasteiger partial charge in [0.15, 0.2) is 0 Å². The van der Waals surface area contributed by atoms with E-state index >= 15 is 0 Å². The second-order valence-electron chi connectivity index (χ2n) is 6.78. The van der Waals surface area contributed by atoms with Crippen molar-refractivity contribution in [2.24, 2.45) is 11.7 Å². The van der Waals surface area contributed by atoms with Gasteiger partial charge in [-0.25, -0.2) is 0 Å². The summed E-state index contributed by atoms with van der Waals surface area (Å²) in [5, 5.41) is 2.54. The van der Waals surface area contributed by atoms with Crippen molar-refractivity contribution in [1.82, 2.24) is 15.1 Å². The van der Waals surface area contributed by atoms with E-state index in [1.54, 1.807) is 0 Å². The number of nitrogens with two attached hydrogens (primary N) is 1. The molecule has 0 bridgehead atoms. The van der Waals surface area contributed by atoms with Crippen LogP contribution < -0.4 is 11.1 Å². The highest BCUT2D eigenvalue weighted by Crippen LogP contribution is 2.20. The molecule has 2 aliphatic rings. The minimum Gasteiger partial charge on any atom is -0.373 e. The van der Waals surface area contributed by atoms with Gasteiger partial charge in [-0.1, -0.05) is 0 Å². The van der Waals surface area contributed by atoms with Gasteiger partial charge in [0.25, 0.3) is 0 Å². The van der Waals surface area contributed by atoms with Crippen LogP contribution in [-0.2, 0) is 14.3 Å².